The Morgan fingerprint density at radius 3 is 2.89 bits per heavy atom. The Hall–Kier alpha value is -3.69. The van der Waals surface area contributed by atoms with Crippen LogP contribution in [-0.4, -0.2) is 34.5 Å². The summed E-state index contributed by atoms with van der Waals surface area (Å²) in [4.78, 5) is 23.7. The molecule has 10 heteroatoms. The molecule has 3 heterocycles. The summed E-state index contributed by atoms with van der Waals surface area (Å²) in [7, 11) is 1.27. The molecule has 28 heavy (non-hydrogen) atoms. The van der Waals surface area contributed by atoms with Crippen molar-refractivity contribution in [3.8, 4) is 17.1 Å². The number of methoxy groups -OCH3 is 1. The summed E-state index contributed by atoms with van der Waals surface area (Å²) in [5.74, 6) is -2.10. The number of benzene rings is 1. The second-order valence-corrected chi connectivity index (χ2v) is 6.13. The maximum atomic E-state index is 14.1. The number of fused-ring (bicyclic) bond motifs is 1. The molecule has 144 valence electrons. The number of nitrogen functional groups attached to an aromatic ring is 1. The van der Waals surface area contributed by atoms with Crippen molar-refractivity contribution in [2.75, 3.05) is 24.7 Å². The van der Waals surface area contributed by atoms with Crippen molar-refractivity contribution < 1.29 is 18.3 Å². The smallest absolute Gasteiger partial charge is 0.255 e. The zero-order valence-corrected chi connectivity index (χ0v) is 14.8. The SMILES string of the molecule is COc1c(F)cc(F)cc1Nc1c(-c2ccnc(N)n2)[nH]c2c1C(=O)NCC2. The Morgan fingerprint density at radius 1 is 1.32 bits per heavy atom. The molecule has 5 N–H and O–H groups in total. The number of nitrogens with one attached hydrogen (secondary N) is 3. The van der Waals surface area contributed by atoms with Crippen LogP contribution < -0.4 is 21.1 Å². The molecular weight excluding hydrogens is 370 g/mol. The van der Waals surface area contributed by atoms with Gasteiger partial charge in [-0.15, -0.1) is 0 Å². The number of carbonyl (C=O) groups is 1. The van der Waals surface area contributed by atoms with Gasteiger partial charge in [-0.05, 0) is 6.07 Å². The first-order valence-corrected chi connectivity index (χ1v) is 8.40. The van der Waals surface area contributed by atoms with E-state index >= 15 is 0 Å². The van der Waals surface area contributed by atoms with Crippen molar-refractivity contribution in [2.24, 2.45) is 0 Å². The number of rotatable bonds is 4. The first-order chi connectivity index (χ1) is 13.5. The van der Waals surface area contributed by atoms with Gasteiger partial charge in [0.2, 0.25) is 5.95 Å². The lowest BCUT2D eigenvalue weighted by Gasteiger charge is -2.16. The van der Waals surface area contributed by atoms with Crippen LogP contribution in [0.1, 0.15) is 16.1 Å². The molecule has 0 spiro atoms. The van der Waals surface area contributed by atoms with Crippen molar-refractivity contribution >= 4 is 23.2 Å². The summed E-state index contributed by atoms with van der Waals surface area (Å²) in [6.07, 6.45) is 2.04. The molecule has 0 saturated heterocycles. The highest BCUT2D eigenvalue weighted by Gasteiger charge is 2.28. The van der Waals surface area contributed by atoms with Crippen LogP contribution in [0.3, 0.4) is 0 Å². The largest absolute Gasteiger partial charge is 0.492 e. The van der Waals surface area contributed by atoms with Crippen molar-refractivity contribution in [1.82, 2.24) is 20.3 Å². The third kappa shape index (κ3) is 2.98. The molecule has 0 atom stereocenters. The monoisotopic (exact) mass is 386 g/mol. The number of aromatic nitrogens is 3. The first kappa shape index (κ1) is 17.7. The molecule has 4 rings (SSSR count). The molecule has 0 saturated carbocycles. The molecule has 1 aliphatic heterocycles. The van der Waals surface area contributed by atoms with E-state index in [4.69, 9.17) is 10.5 Å². The van der Waals surface area contributed by atoms with Crippen LogP contribution in [0.2, 0.25) is 0 Å². The molecule has 0 bridgehead atoms. The van der Waals surface area contributed by atoms with E-state index in [2.05, 4.69) is 25.6 Å². The molecule has 3 aromatic rings. The van der Waals surface area contributed by atoms with Gasteiger partial charge in [-0.25, -0.2) is 18.7 Å². The Balaban J connectivity index is 1.91. The van der Waals surface area contributed by atoms with Gasteiger partial charge < -0.3 is 26.1 Å². The standard InChI is InChI=1S/C18H16F2N6O2/c1-28-16-9(20)6-8(19)7-12(16)25-15-13-10(2-4-22-17(13)27)24-14(15)11-3-5-23-18(21)26-11/h3,5-7,24-25H,2,4H2,1H3,(H,22,27)(H2,21,23,26). The van der Waals surface area contributed by atoms with Gasteiger partial charge >= 0.3 is 0 Å². The maximum Gasteiger partial charge on any atom is 0.255 e. The van der Waals surface area contributed by atoms with Gasteiger partial charge in [0.15, 0.2) is 11.6 Å². The zero-order valence-electron chi connectivity index (χ0n) is 14.8. The number of ether oxygens (including phenoxy) is 1. The molecule has 0 radical (unpaired) electrons. The van der Waals surface area contributed by atoms with Crippen molar-refractivity contribution in [2.45, 2.75) is 6.42 Å². The number of anilines is 3. The molecule has 1 amide bonds. The minimum atomic E-state index is -0.869. The van der Waals surface area contributed by atoms with Gasteiger partial charge in [-0.2, -0.15) is 0 Å². The first-order valence-electron chi connectivity index (χ1n) is 8.40. The van der Waals surface area contributed by atoms with Crippen molar-refractivity contribution in [3.63, 3.8) is 0 Å². The lowest BCUT2D eigenvalue weighted by atomic mass is 10.1. The van der Waals surface area contributed by atoms with E-state index in [1.165, 1.54) is 13.3 Å². The van der Waals surface area contributed by atoms with Crippen molar-refractivity contribution in [3.05, 3.63) is 47.3 Å². The number of H-pyrrole nitrogens is 1. The summed E-state index contributed by atoms with van der Waals surface area (Å²) in [6.45, 7) is 0.467. The normalized spacial score (nSPS) is 13.0. The molecular formula is C18H16F2N6O2. The summed E-state index contributed by atoms with van der Waals surface area (Å²) < 4.78 is 33.0. The van der Waals surface area contributed by atoms with Gasteiger partial charge in [0.05, 0.1) is 35.4 Å². The number of amides is 1. The lowest BCUT2D eigenvalue weighted by Crippen LogP contribution is -2.31. The van der Waals surface area contributed by atoms with Gasteiger partial charge in [0, 0.05) is 37.0 Å². The number of nitrogens with two attached hydrogens (primary N) is 1. The average Bonchev–Trinajstić information content (AvgIpc) is 3.01. The molecule has 1 aliphatic rings. The number of aromatic amines is 1. The Kier molecular flexibility index (Phi) is 4.30. The quantitative estimate of drug-likeness (QED) is 0.547. The summed E-state index contributed by atoms with van der Waals surface area (Å²) >= 11 is 0. The molecule has 0 fully saturated rings. The lowest BCUT2D eigenvalue weighted by molar-refractivity contribution is 0.0947. The van der Waals surface area contributed by atoms with Crippen LogP contribution in [-0.2, 0) is 6.42 Å². The highest BCUT2D eigenvalue weighted by Crippen LogP contribution is 2.39. The van der Waals surface area contributed by atoms with Crippen LogP contribution in [0.25, 0.3) is 11.4 Å². The van der Waals surface area contributed by atoms with E-state index in [1.807, 2.05) is 0 Å². The highest BCUT2D eigenvalue weighted by atomic mass is 19.1. The van der Waals surface area contributed by atoms with Crippen LogP contribution >= 0.6 is 0 Å². The number of hydrogen-bond donors (Lipinski definition) is 4. The topological polar surface area (TPSA) is 118 Å². The Morgan fingerprint density at radius 2 is 2.14 bits per heavy atom. The van der Waals surface area contributed by atoms with Gasteiger partial charge in [0.1, 0.15) is 5.82 Å². The average molecular weight is 386 g/mol. The maximum absolute atomic E-state index is 14.1. The second-order valence-electron chi connectivity index (χ2n) is 6.13. The van der Waals surface area contributed by atoms with Crippen LogP contribution in [0.15, 0.2) is 24.4 Å². The van der Waals surface area contributed by atoms with Crippen LogP contribution in [0.4, 0.5) is 26.1 Å². The third-order valence-corrected chi connectivity index (χ3v) is 4.37. The second kappa shape index (κ2) is 6.80. The number of halogens is 2. The van der Waals surface area contributed by atoms with E-state index in [9.17, 15) is 13.6 Å². The third-order valence-electron chi connectivity index (χ3n) is 4.37. The van der Waals surface area contributed by atoms with E-state index in [0.717, 1.165) is 12.1 Å². The van der Waals surface area contributed by atoms with E-state index in [-0.39, 0.29) is 23.3 Å². The fourth-order valence-corrected chi connectivity index (χ4v) is 3.20. The molecule has 8 nitrogen and oxygen atoms in total. The highest BCUT2D eigenvalue weighted by molar-refractivity contribution is 6.06. The predicted molar refractivity (Wildman–Crippen MR) is 98.5 cm³/mol. The van der Waals surface area contributed by atoms with Crippen molar-refractivity contribution in [1.29, 1.82) is 0 Å². The van der Waals surface area contributed by atoms with Crippen LogP contribution in [0, 0.1) is 11.6 Å². The van der Waals surface area contributed by atoms with E-state index in [1.54, 1.807) is 6.07 Å². The minimum absolute atomic E-state index is 0.0310. The number of nitrogens with zero attached hydrogens (tertiary/aromatic N) is 2. The summed E-state index contributed by atoms with van der Waals surface area (Å²) in [6, 6.07) is 3.41. The van der Waals surface area contributed by atoms with Crippen LogP contribution in [0.5, 0.6) is 5.75 Å². The van der Waals surface area contributed by atoms with E-state index < -0.39 is 11.6 Å². The molecule has 0 unspecified atom stereocenters. The van der Waals surface area contributed by atoms with Gasteiger partial charge in [0.25, 0.3) is 5.91 Å². The Bertz CT molecular complexity index is 1080. The summed E-state index contributed by atoms with van der Waals surface area (Å²) in [5.41, 5.74) is 7.91. The predicted octanol–water partition coefficient (Wildman–Crippen LogP) is 2.37. The Labute approximate surface area is 158 Å². The summed E-state index contributed by atoms with van der Waals surface area (Å²) in [5, 5.41) is 5.69. The zero-order chi connectivity index (χ0) is 19.8. The molecule has 2 aromatic heterocycles. The number of hydrogen-bond acceptors (Lipinski definition) is 6. The fraction of sp³-hybridized carbons (Fsp3) is 0.167. The molecule has 1 aromatic carbocycles. The van der Waals surface area contributed by atoms with Gasteiger partial charge in [-0.3, -0.25) is 4.79 Å². The van der Waals surface area contributed by atoms with Gasteiger partial charge in [-0.1, -0.05) is 0 Å². The fourth-order valence-electron chi connectivity index (χ4n) is 3.20. The van der Waals surface area contributed by atoms with E-state index in [0.29, 0.717) is 41.3 Å². The minimum Gasteiger partial charge on any atom is -0.492 e. The molecule has 0 aliphatic carbocycles. The number of carbonyl (C=O) groups excluding carboxylic acids is 1.